The summed E-state index contributed by atoms with van der Waals surface area (Å²) >= 11 is 0. The van der Waals surface area contributed by atoms with Crippen molar-refractivity contribution in [3.8, 4) is 0 Å². The van der Waals surface area contributed by atoms with E-state index >= 15 is 0 Å². The Labute approximate surface area is 76.2 Å². The van der Waals surface area contributed by atoms with Gasteiger partial charge < -0.3 is 14.9 Å². The highest BCUT2D eigenvalue weighted by Crippen LogP contribution is 2.35. The second kappa shape index (κ2) is 5.17. The van der Waals surface area contributed by atoms with E-state index in [4.69, 9.17) is 14.9 Å². The number of allylic oxidation sites excluding steroid dienone is 1. The normalized spacial score (nSPS) is 13.0. The number of hydrogen-bond acceptors (Lipinski definition) is 2. The van der Waals surface area contributed by atoms with Gasteiger partial charge in [-0.1, -0.05) is 6.08 Å². The zero-order chi connectivity index (χ0) is 10.5. The zero-order valence-electron chi connectivity index (χ0n) is 7.30. The van der Waals surface area contributed by atoms with Crippen molar-refractivity contribution in [2.45, 2.75) is 19.8 Å². The van der Waals surface area contributed by atoms with E-state index in [-0.39, 0.29) is 11.7 Å². The van der Waals surface area contributed by atoms with E-state index in [2.05, 4.69) is 0 Å². The first-order valence-corrected chi connectivity index (χ1v) is 5.57. The van der Waals surface area contributed by atoms with E-state index in [1.165, 1.54) is 13.0 Å². The summed E-state index contributed by atoms with van der Waals surface area (Å²) < 4.78 is 10.4. The van der Waals surface area contributed by atoms with E-state index < -0.39 is 13.6 Å². The number of aliphatic carboxylic acids is 1. The van der Waals surface area contributed by atoms with Crippen LogP contribution in [0.3, 0.4) is 0 Å². The third-order valence-electron chi connectivity index (χ3n) is 1.44. The van der Waals surface area contributed by atoms with E-state index in [0.717, 1.165) is 0 Å². The predicted octanol–water partition coefficient (Wildman–Crippen LogP) is 0.975. The number of carboxylic acids is 1. The molecule has 0 heterocycles. The van der Waals surface area contributed by atoms with Crippen LogP contribution in [0.1, 0.15) is 19.8 Å². The Morgan fingerprint density at radius 1 is 1.46 bits per heavy atom. The number of carboxylic acid groups (broad SMARTS) is 1. The van der Waals surface area contributed by atoms with Crippen molar-refractivity contribution in [2.75, 3.05) is 6.16 Å². The van der Waals surface area contributed by atoms with Crippen molar-refractivity contribution >= 4 is 13.6 Å². The Balaban J connectivity index is 3.75. The molecule has 0 spiro atoms. The van der Waals surface area contributed by atoms with Crippen LogP contribution in [0.4, 0.5) is 0 Å². The first-order valence-electron chi connectivity index (χ1n) is 3.77. The summed E-state index contributed by atoms with van der Waals surface area (Å²) in [4.78, 5) is 27.2. The monoisotopic (exact) mass is 208 g/mol. The number of rotatable bonds is 5. The van der Waals surface area contributed by atoms with Gasteiger partial charge in [0.2, 0.25) is 0 Å². The Morgan fingerprint density at radius 3 is 2.38 bits per heavy atom. The molecule has 0 bridgehead atoms. The second-order valence-corrected chi connectivity index (χ2v) is 4.50. The highest BCUT2D eigenvalue weighted by atomic mass is 31.2. The fourth-order valence-electron chi connectivity index (χ4n) is 0.703. The largest absolute Gasteiger partial charge is 0.478 e. The smallest absolute Gasteiger partial charge is 0.330 e. The number of carbonyl (C=O) groups is 1. The maximum atomic E-state index is 10.4. The van der Waals surface area contributed by atoms with E-state index in [0.29, 0.717) is 12.8 Å². The van der Waals surface area contributed by atoms with Crippen LogP contribution >= 0.6 is 7.60 Å². The standard InChI is InChI=1S/C7H13O5P/c1-6(7(8)9)4-2-3-5-13(10,11)12/h4H,2-3,5H2,1H3,(H,8,9)(H2,10,11,12). The zero-order valence-corrected chi connectivity index (χ0v) is 8.20. The van der Waals surface area contributed by atoms with Crippen LogP contribution in [0.25, 0.3) is 0 Å². The molecule has 0 fully saturated rings. The average Bonchev–Trinajstić information content (AvgIpc) is 1.95. The molecule has 0 aromatic carbocycles. The minimum atomic E-state index is -3.93. The lowest BCUT2D eigenvalue weighted by Crippen LogP contribution is -1.96. The quantitative estimate of drug-likeness (QED) is 0.355. The van der Waals surface area contributed by atoms with E-state index in [1.807, 2.05) is 0 Å². The maximum Gasteiger partial charge on any atom is 0.330 e. The molecule has 0 unspecified atom stereocenters. The van der Waals surface area contributed by atoms with Crippen molar-refractivity contribution in [2.24, 2.45) is 0 Å². The topological polar surface area (TPSA) is 94.8 Å². The SMILES string of the molecule is CC(=CCCCP(=O)(O)O)C(=O)O. The summed E-state index contributed by atoms with van der Waals surface area (Å²) in [7, 11) is -3.93. The molecule has 0 aromatic rings. The summed E-state index contributed by atoms with van der Waals surface area (Å²) in [5.41, 5.74) is 0.200. The molecule has 0 aromatic heterocycles. The summed E-state index contributed by atoms with van der Waals surface area (Å²) in [6.45, 7) is 1.44. The van der Waals surface area contributed by atoms with Crippen molar-refractivity contribution in [1.82, 2.24) is 0 Å². The minimum absolute atomic E-state index is 0.198. The molecule has 13 heavy (non-hydrogen) atoms. The van der Waals surface area contributed by atoms with Gasteiger partial charge in [0.25, 0.3) is 0 Å². The first-order chi connectivity index (χ1) is 5.83. The lowest BCUT2D eigenvalue weighted by Gasteiger charge is -2.00. The molecule has 76 valence electrons. The van der Waals surface area contributed by atoms with Crippen molar-refractivity contribution in [3.05, 3.63) is 11.6 Å². The second-order valence-electron chi connectivity index (χ2n) is 2.72. The van der Waals surface area contributed by atoms with Crippen molar-refractivity contribution < 1.29 is 24.3 Å². The van der Waals surface area contributed by atoms with Crippen LogP contribution in [0.2, 0.25) is 0 Å². The molecule has 0 aliphatic rings. The van der Waals surface area contributed by atoms with Crippen LogP contribution in [0, 0.1) is 0 Å². The van der Waals surface area contributed by atoms with Gasteiger partial charge in [-0.3, -0.25) is 4.57 Å². The molecule has 0 amide bonds. The summed E-state index contributed by atoms with van der Waals surface area (Å²) in [5.74, 6) is -1.00. The molecular weight excluding hydrogens is 195 g/mol. The van der Waals surface area contributed by atoms with Crippen LogP contribution in [0.5, 0.6) is 0 Å². The highest BCUT2D eigenvalue weighted by Gasteiger charge is 2.10. The van der Waals surface area contributed by atoms with Crippen LogP contribution in [-0.2, 0) is 9.36 Å². The van der Waals surface area contributed by atoms with Crippen LogP contribution in [-0.4, -0.2) is 27.0 Å². The molecule has 0 radical (unpaired) electrons. The highest BCUT2D eigenvalue weighted by molar-refractivity contribution is 7.51. The van der Waals surface area contributed by atoms with Crippen LogP contribution < -0.4 is 0 Å². The van der Waals surface area contributed by atoms with Gasteiger partial charge >= 0.3 is 13.6 Å². The van der Waals surface area contributed by atoms with Crippen molar-refractivity contribution in [3.63, 3.8) is 0 Å². The van der Waals surface area contributed by atoms with Crippen molar-refractivity contribution in [1.29, 1.82) is 0 Å². The van der Waals surface area contributed by atoms with Gasteiger partial charge in [0.1, 0.15) is 0 Å². The predicted molar refractivity (Wildman–Crippen MR) is 47.5 cm³/mol. The van der Waals surface area contributed by atoms with Gasteiger partial charge in [-0.25, -0.2) is 4.79 Å². The third kappa shape index (κ3) is 7.71. The molecule has 6 heteroatoms. The van der Waals surface area contributed by atoms with Gasteiger partial charge in [-0.05, 0) is 19.8 Å². The Hall–Kier alpha value is -0.640. The van der Waals surface area contributed by atoms with Gasteiger partial charge in [0, 0.05) is 5.57 Å². The lowest BCUT2D eigenvalue weighted by atomic mass is 10.2. The fourth-order valence-corrected chi connectivity index (χ4v) is 1.30. The van der Waals surface area contributed by atoms with Gasteiger partial charge in [0.05, 0.1) is 6.16 Å². The molecule has 0 aliphatic carbocycles. The van der Waals surface area contributed by atoms with Gasteiger partial charge in [0.15, 0.2) is 0 Å². The molecule has 3 N–H and O–H groups in total. The Kier molecular flexibility index (Phi) is 4.91. The summed E-state index contributed by atoms with van der Waals surface area (Å²) in [5, 5.41) is 8.42. The molecule has 0 aliphatic heterocycles. The van der Waals surface area contributed by atoms with Crippen LogP contribution in [0.15, 0.2) is 11.6 Å². The van der Waals surface area contributed by atoms with Gasteiger partial charge in [-0.2, -0.15) is 0 Å². The average molecular weight is 208 g/mol. The van der Waals surface area contributed by atoms with E-state index in [1.54, 1.807) is 0 Å². The summed E-state index contributed by atoms with van der Waals surface area (Å²) in [6, 6.07) is 0. The summed E-state index contributed by atoms with van der Waals surface area (Å²) in [6.07, 6.45) is 1.94. The molecular formula is C7H13O5P. The molecule has 0 saturated carbocycles. The molecule has 0 atom stereocenters. The Morgan fingerprint density at radius 2 is 2.00 bits per heavy atom. The minimum Gasteiger partial charge on any atom is -0.478 e. The third-order valence-corrected chi connectivity index (χ3v) is 2.34. The molecule has 0 saturated heterocycles. The fraction of sp³-hybridized carbons (Fsp3) is 0.571. The number of unbranched alkanes of at least 4 members (excludes halogenated alkanes) is 1. The van der Waals surface area contributed by atoms with E-state index in [9.17, 15) is 9.36 Å². The first kappa shape index (κ1) is 12.4. The maximum absolute atomic E-state index is 10.4. The molecule has 5 nitrogen and oxygen atoms in total. The van der Waals surface area contributed by atoms with Gasteiger partial charge in [-0.15, -0.1) is 0 Å². The Bertz CT molecular complexity index is 252. The lowest BCUT2D eigenvalue weighted by molar-refractivity contribution is -0.132. The number of hydrogen-bond donors (Lipinski definition) is 3. The molecule has 0 rings (SSSR count).